The zero-order valence-electron chi connectivity index (χ0n) is 9.44. The highest BCUT2D eigenvalue weighted by Crippen LogP contribution is 2.26. The van der Waals surface area contributed by atoms with Gasteiger partial charge >= 0.3 is 0 Å². The molecule has 1 heterocycles. The van der Waals surface area contributed by atoms with E-state index in [4.69, 9.17) is 5.11 Å². The van der Waals surface area contributed by atoms with E-state index in [2.05, 4.69) is 50.6 Å². The normalized spacial score (nSPS) is 13.2. The number of imidazole rings is 1. The van der Waals surface area contributed by atoms with E-state index in [9.17, 15) is 0 Å². The Morgan fingerprint density at radius 3 is 2.88 bits per heavy atom. The van der Waals surface area contributed by atoms with Gasteiger partial charge in [0.15, 0.2) is 0 Å². The summed E-state index contributed by atoms with van der Waals surface area (Å²) in [6.07, 6.45) is 0. The topological polar surface area (TPSA) is 38.0 Å². The molecular weight excluding hydrogens is 268 g/mol. The van der Waals surface area contributed by atoms with Gasteiger partial charge in [0, 0.05) is 6.54 Å². The molecule has 2 rings (SSSR count). The molecular formula is C12H15BrN2O. The zero-order valence-corrected chi connectivity index (χ0v) is 11.0. The standard InChI is InChI=1S/C12H15BrN2O/c1-8-3-4-11-10(7-8)14-12(9(2)13)15(11)5-6-16/h3-4,7,9,16H,5-6H2,1-2H3. The third-order valence-electron chi connectivity index (χ3n) is 2.61. The Kier molecular flexibility index (Phi) is 3.30. The van der Waals surface area contributed by atoms with Gasteiger partial charge in [-0.2, -0.15) is 0 Å². The molecule has 0 saturated heterocycles. The van der Waals surface area contributed by atoms with Gasteiger partial charge < -0.3 is 9.67 Å². The molecule has 3 nitrogen and oxygen atoms in total. The van der Waals surface area contributed by atoms with E-state index in [0.29, 0.717) is 6.54 Å². The molecule has 1 N–H and O–H groups in total. The molecule has 1 aromatic heterocycles. The van der Waals surface area contributed by atoms with Crippen LogP contribution in [0.1, 0.15) is 23.1 Å². The SMILES string of the molecule is Cc1ccc2c(c1)nc(C(C)Br)n2CCO. The predicted octanol–water partition coefficient (Wildman–Crippen LogP) is 2.79. The van der Waals surface area contributed by atoms with Gasteiger partial charge in [0.25, 0.3) is 0 Å². The fourth-order valence-corrected chi connectivity index (χ4v) is 2.25. The third-order valence-corrected chi connectivity index (χ3v) is 3.02. The minimum absolute atomic E-state index is 0.131. The van der Waals surface area contributed by atoms with E-state index in [1.165, 1.54) is 5.56 Å². The highest BCUT2D eigenvalue weighted by molar-refractivity contribution is 9.09. The Hall–Kier alpha value is -0.870. The zero-order chi connectivity index (χ0) is 11.7. The second-order valence-electron chi connectivity index (χ2n) is 3.95. The highest BCUT2D eigenvalue weighted by Gasteiger charge is 2.13. The van der Waals surface area contributed by atoms with Crippen molar-refractivity contribution in [3.63, 3.8) is 0 Å². The summed E-state index contributed by atoms with van der Waals surface area (Å²) >= 11 is 3.53. The number of hydrogen-bond donors (Lipinski definition) is 1. The summed E-state index contributed by atoms with van der Waals surface area (Å²) in [5.41, 5.74) is 3.28. The van der Waals surface area contributed by atoms with Gasteiger partial charge in [0.1, 0.15) is 5.82 Å². The lowest BCUT2D eigenvalue weighted by atomic mass is 10.2. The van der Waals surface area contributed by atoms with Crippen molar-refractivity contribution < 1.29 is 5.11 Å². The number of hydrogen-bond acceptors (Lipinski definition) is 2. The van der Waals surface area contributed by atoms with Crippen LogP contribution in [-0.4, -0.2) is 21.3 Å². The van der Waals surface area contributed by atoms with Crippen LogP contribution in [-0.2, 0) is 6.54 Å². The largest absolute Gasteiger partial charge is 0.395 e. The van der Waals surface area contributed by atoms with Crippen molar-refractivity contribution in [1.82, 2.24) is 9.55 Å². The van der Waals surface area contributed by atoms with Crippen molar-refractivity contribution in [1.29, 1.82) is 0 Å². The smallest absolute Gasteiger partial charge is 0.123 e. The second-order valence-corrected chi connectivity index (χ2v) is 5.33. The minimum Gasteiger partial charge on any atom is -0.395 e. The quantitative estimate of drug-likeness (QED) is 0.880. The van der Waals surface area contributed by atoms with Crippen LogP contribution in [0.3, 0.4) is 0 Å². The number of aliphatic hydroxyl groups excluding tert-OH is 1. The molecule has 0 saturated carbocycles. The summed E-state index contributed by atoms with van der Waals surface area (Å²) < 4.78 is 2.06. The van der Waals surface area contributed by atoms with Crippen molar-refractivity contribution >= 4 is 27.0 Å². The van der Waals surface area contributed by atoms with E-state index in [0.717, 1.165) is 16.9 Å². The Labute approximate surface area is 103 Å². The molecule has 0 aliphatic carbocycles. The van der Waals surface area contributed by atoms with E-state index in [-0.39, 0.29) is 11.4 Å². The maximum atomic E-state index is 9.09. The first-order valence-electron chi connectivity index (χ1n) is 5.35. The number of nitrogens with zero attached hydrogens (tertiary/aromatic N) is 2. The fourth-order valence-electron chi connectivity index (χ4n) is 1.90. The molecule has 86 valence electrons. The summed E-state index contributed by atoms with van der Waals surface area (Å²) in [6.45, 7) is 4.82. The summed E-state index contributed by atoms with van der Waals surface area (Å²) in [6, 6.07) is 6.20. The predicted molar refractivity (Wildman–Crippen MR) is 68.9 cm³/mol. The van der Waals surface area contributed by atoms with E-state index < -0.39 is 0 Å². The Morgan fingerprint density at radius 1 is 1.50 bits per heavy atom. The van der Waals surface area contributed by atoms with Crippen molar-refractivity contribution in [3.05, 3.63) is 29.6 Å². The van der Waals surface area contributed by atoms with Crippen LogP contribution in [0, 0.1) is 6.92 Å². The van der Waals surface area contributed by atoms with Gasteiger partial charge in [0.05, 0.1) is 22.5 Å². The lowest BCUT2D eigenvalue weighted by Crippen LogP contribution is -2.07. The number of halogens is 1. The lowest BCUT2D eigenvalue weighted by Gasteiger charge is -2.08. The average Bonchev–Trinajstić information content (AvgIpc) is 2.57. The van der Waals surface area contributed by atoms with Crippen molar-refractivity contribution in [2.45, 2.75) is 25.2 Å². The molecule has 0 radical (unpaired) electrons. The summed E-state index contributed by atoms with van der Waals surface area (Å²) in [5, 5.41) is 9.09. The van der Waals surface area contributed by atoms with E-state index in [1.807, 2.05) is 6.92 Å². The van der Waals surface area contributed by atoms with Crippen LogP contribution >= 0.6 is 15.9 Å². The van der Waals surface area contributed by atoms with E-state index >= 15 is 0 Å². The first-order valence-corrected chi connectivity index (χ1v) is 6.26. The Bertz CT molecular complexity index is 505. The molecule has 1 atom stereocenters. The first kappa shape index (κ1) is 11.6. The van der Waals surface area contributed by atoms with Crippen LogP contribution in [0.2, 0.25) is 0 Å². The maximum Gasteiger partial charge on any atom is 0.123 e. The number of alkyl halides is 1. The summed E-state index contributed by atoms with van der Waals surface area (Å²) in [4.78, 5) is 4.78. The van der Waals surface area contributed by atoms with Crippen LogP contribution < -0.4 is 0 Å². The molecule has 0 fully saturated rings. The molecule has 0 spiro atoms. The lowest BCUT2D eigenvalue weighted by molar-refractivity contribution is 0.276. The summed E-state index contributed by atoms with van der Waals surface area (Å²) in [7, 11) is 0. The van der Waals surface area contributed by atoms with Crippen LogP contribution in [0.25, 0.3) is 11.0 Å². The molecule has 1 unspecified atom stereocenters. The second kappa shape index (κ2) is 4.55. The number of aromatic nitrogens is 2. The molecule has 16 heavy (non-hydrogen) atoms. The van der Waals surface area contributed by atoms with Gasteiger partial charge in [0.2, 0.25) is 0 Å². The molecule has 0 bridgehead atoms. The summed E-state index contributed by atoms with van der Waals surface area (Å²) in [5.74, 6) is 0.967. The first-order chi connectivity index (χ1) is 7.63. The maximum absolute atomic E-state index is 9.09. The average molecular weight is 283 g/mol. The van der Waals surface area contributed by atoms with Gasteiger partial charge in [-0.05, 0) is 31.5 Å². The van der Waals surface area contributed by atoms with Crippen LogP contribution in [0.4, 0.5) is 0 Å². The highest BCUT2D eigenvalue weighted by atomic mass is 79.9. The number of fused-ring (bicyclic) bond motifs is 1. The number of aliphatic hydroxyl groups is 1. The van der Waals surface area contributed by atoms with Crippen LogP contribution in [0.5, 0.6) is 0 Å². The van der Waals surface area contributed by atoms with Crippen molar-refractivity contribution in [2.24, 2.45) is 0 Å². The molecule has 0 aliphatic heterocycles. The molecule has 0 amide bonds. The van der Waals surface area contributed by atoms with Gasteiger partial charge in [-0.3, -0.25) is 0 Å². The van der Waals surface area contributed by atoms with Crippen molar-refractivity contribution in [3.8, 4) is 0 Å². The number of rotatable bonds is 3. The third kappa shape index (κ3) is 1.99. The Morgan fingerprint density at radius 2 is 2.25 bits per heavy atom. The number of aryl methyl sites for hydroxylation is 1. The molecule has 0 aliphatic rings. The fraction of sp³-hybridized carbons (Fsp3) is 0.417. The monoisotopic (exact) mass is 282 g/mol. The van der Waals surface area contributed by atoms with Crippen LogP contribution in [0.15, 0.2) is 18.2 Å². The molecule has 1 aromatic carbocycles. The molecule has 4 heteroatoms. The molecule has 2 aromatic rings. The van der Waals surface area contributed by atoms with Gasteiger partial charge in [-0.1, -0.05) is 22.0 Å². The van der Waals surface area contributed by atoms with Crippen molar-refractivity contribution in [2.75, 3.05) is 6.61 Å². The van der Waals surface area contributed by atoms with Gasteiger partial charge in [-0.15, -0.1) is 0 Å². The minimum atomic E-state index is 0.131. The van der Waals surface area contributed by atoms with Gasteiger partial charge in [-0.25, -0.2) is 4.98 Å². The van der Waals surface area contributed by atoms with E-state index in [1.54, 1.807) is 0 Å². The number of benzene rings is 1. The Balaban J connectivity index is 2.65.